The predicted octanol–water partition coefficient (Wildman–Crippen LogP) is 4.69. The van der Waals surface area contributed by atoms with Crippen molar-refractivity contribution in [2.24, 2.45) is 0 Å². The van der Waals surface area contributed by atoms with Gasteiger partial charge < -0.3 is 9.84 Å². The molecule has 1 atom stereocenters. The van der Waals surface area contributed by atoms with Crippen molar-refractivity contribution in [3.63, 3.8) is 0 Å². The Morgan fingerprint density at radius 3 is 2.30 bits per heavy atom. The minimum atomic E-state index is -4.72. The summed E-state index contributed by atoms with van der Waals surface area (Å²) in [5, 5.41) is 10.1. The van der Waals surface area contributed by atoms with Crippen molar-refractivity contribution in [2.75, 3.05) is 0 Å². The van der Waals surface area contributed by atoms with Crippen molar-refractivity contribution in [2.45, 2.75) is 19.4 Å². The highest BCUT2D eigenvalue weighted by molar-refractivity contribution is 7.16. The van der Waals surface area contributed by atoms with Crippen molar-refractivity contribution in [3.8, 4) is 5.75 Å². The predicted molar refractivity (Wildman–Crippen MR) is 71.3 cm³/mol. The minimum absolute atomic E-state index is 0.325. The third-order valence-electron chi connectivity index (χ3n) is 2.58. The SMILES string of the molecule is Cc1cc(C(O)c2ccc(OC(F)(F)F)cc2)sc1Cl. The number of aliphatic hydroxyl groups excluding tert-OH is 1. The standard InChI is InChI=1S/C13H10ClF3O2S/c1-7-6-10(20-12(7)14)11(18)8-2-4-9(5-3-8)19-13(15,16)17/h2-6,11,18H,1H3. The molecule has 108 valence electrons. The molecule has 0 saturated heterocycles. The number of ether oxygens (including phenoxy) is 1. The molecule has 0 amide bonds. The van der Waals surface area contributed by atoms with Gasteiger partial charge in [-0.2, -0.15) is 0 Å². The lowest BCUT2D eigenvalue weighted by Crippen LogP contribution is -2.17. The van der Waals surface area contributed by atoms with Gasteiger partial charge in [-0.3, -0.25) is 0 Å². The zero-order valence-corrected chi connectivity index (χ0v) is 11.8. The Labute approximate surface area is 122 Å². The summed E-state index contributed by atoms with van der Waals surface area (Å²) in [5.74, 6) is -0.325. The monoisotopic (exact) mass is 322 g/mol. The molecule has 0 spiro atoms. The number of rotatable bonds is 3. The number of hydrogen-bond donors (Lipinski definition) is 1. The minimum Gasteiger partial charge on any atom is -0.406 e. The molecule has 0 aliphatic carbocycles. The van der Waals surface area contributed by atoms with E-state index in [1.807, 2.05) is 6.92 Å². The van der Waals surface area contributed by atoms with Gasteiger partial charge in [0.05, 0.1) is 4.34 Å². The van der Waals surface area contributed by atoms with Crippen molar-refractivity contribution < 1.29 is 23.0 Å². The lowest BCUT2D eigenvalue weighted by Gasteiger charge is -2.11. The molecule has 0 saturated carbocycles. The van der Waals surface area contributed by atoms with E-state index in [4.69, 9.17) is 11.6 Å². The molecule has 2 rings (SSSR count). The lowest BCUT2D eigenvalue weighted by atomic mass is 10.1. The first-order chi connectivity index (χ1) is 9.26. The first-order valence-corrected chi connectivity index (χ1v) is 6.75. The van der Waals surface area contributed by atoms with Crippen LogP contribution >= 0.6 is 22.9 Å². The quantitative estimate of drug-likeness (QED) is 0.888. The Kier molecular flexibility index (Phi) is 4.27. The van der Waals surface area contributed by atoms with Crippen LogP contribution < -0.4 is 4.74 Å². The lowest BCUT2D eigenvalue weighted by molar-refractivity contribution is -0.274. The average molecular weight is 323 g/mol. The fourth-order valence-corrected chi connectivity index (χ4v) is 2.87. The molecular formula is C13H10ClF3O2S. The number of aliphatic hydroxyl groups is 1. The maximum Gasteiger partial charge on any atom is 0.573 e. The molecule has 2 nitrogen and oxygen atoms in total. The Morgan fingerprint density at radius 2 is 1.85 bits per heavy atom. The van der Waals surface area contributed by atoms with Gasteiger partial charge in [-0.1, -0.05) is 23.7 Å². The molecule has 1 aromatic carbocycles. The molecule has 0 aliphatic rings. The average Bonchev–Trinajstić information content (AvgIpc) is 2.68. The van der Waals surface area contributed by atoms with Gasteiger partial charge in [-0.15, -0.1) is 24.5 Å². The zero-order valence-electron chi connectivity index (χ0n) is 10.2. The largest absolute Gasteiger partial charge is 0.573 e. The molecule has 0 radical (unpaired) electrons. The number of aryl methyl sites for hydroxylation is 1. The summed E-state index contributed by atoms with van der Waals surface area (Å²) in [7, 11) is 0. The van der Waals surface area contributed by atoms with E-state index in [2.05, 4.69) is 4.74 Å². The third-order valence-corrected chi connectivity index (χ3v) is 4.18. The Bertz CT molecular complexity index is 573. The van der Waals surface area contributed by atoms with Gasteiger partial charge in [0.25, 0.3) is 0 Å². The fourth-order valence-electron chi connectivity index (χ4n) is 1.63. The molecule has 1 N–H and O–H groups in total. The normalized spacial score (nSPS) is 13.3. The van der Waals surface area contributed by atoms with Crippen LogP contribution in [-0.2, 0) is 0 Å². The topological polar surface area (TPSA) is 29.5 Å². The molecule has 7 heteroatoms. The summed E-state index contributed by atoms with van der Waals surface area (Å²) in [6.45, 7) is 1.81. The van der Waals surface area contributed by atoms with E-state index in [-0.39, 0.29) is 5.75 Å². The van der Waals surface area contributed by atoms with Crippen molar-refractivity contribution in [1.82, 2.24) is 0 Å². The van der Waals surface area contributed by atoms with Crippen LogP contribution in [-0.4, -0.2) is 11.5 Å². The van der Waals surface area contributed by atoms with E-state index >= 15 is 0 Å². The molecule has 0 bridgehead atoms. The first kappa shape index (κ1) is 15.2. The van der Waals surface area contributed by atoms with E-state index in [9.17, 15) is 18.3 Å². The number of hydrogen-bond acceptors (Lipinski definition) is 3. The van der Waals surface area contributed by atoms with Crippen molar-refractivity contribution in [1.29, 1.82) is 0 Å². The number of thiophene rings is 1. The van der Waals surface area contributed by atoms with Crippen LogP contribution in [0.2, 0.25) is 4.34 Å². The molecular weight excluding hydrogens is 313 g/mol. The van der Waals surface area contributed by atoms with E-state index in [0.717, 1.165) is 17.7 Å². The molecule has 1 aromatic heterocycles. The second kappa shape index (κ2) is 5.63. The summed E-state index contributed by atoms with van der Waals surface area (Å²) in [5.41, 5.74) is 1.32. The second-order valence-corrected chi connectivity index (χ2v) is 5.81. The summed E-state index contributed by atoms with van der Waals surface area (Å²) in [6.07, 6.45) is -5.65. The van der Waals surface area contributed by atoms with Crippen LogP contribution in [0.4, 0.5) is 13.2 Å². The number of alkyl halides is 3. The highest BCUT2D eigenvalue weighted by Gasteiger charge is 2.31. The molecule has 1 unspecified atom stereocenters. The molecule has 0 fully saturated rings. The third kappa shape index (κ3) is 3.65. The van der Waals surface area contributed by atoms with Gasteiger partial charge in [0.1, 0.15) is 11.9 Å². The van der Waals surface area contributed by atoms with Crippen molar-refractivity contribution >= 4 is 22.9 Å². The van der Waals surface area contributed by atoms with Crippen LogP contribution in [0.15, 0.2) is 30.3 Å². The Morgan fingerprint density at radius 1 is 1.25 bits per heavy atom. The van der Waals surface area contributed by atoms with Gasteiger partial charge in [-0.05, 0) is 36.2 Å². The highest BCUT2D eigenvalue weighted by atomic mass is 35.5. The zero-order chi connectivity index (χ0) is 14.9. The molecule has 1 heterocycles. The highest BCUT2D eigenvalue weighted by Crippen LogP contribution is 2.34. The smallest absolute Gasteiger partial charge is 0.406 e. The Hall–Kier alpha value is -1.24. The van der Waals surface area contributed by atoms with Crippen molar-refractivity contribution in [3.05, 3.63) is 50.7 Å². The van der Waals surface area contributed by atoms with E-state index < -0.39 is 12.5 Å². The maximum absolute atomic E-state index is 12.0. The van der Waals surface area contributed by atoms with E-state index in [1.165, 1.54) is 23.5 Å². The molecule has 2 aromatic rings. The second-order valence-electron chi connectivity index (χ2n) is 4.12. The maximum atomic E-state index is 12.0. The summed E-state index contributed by atoms with van der Waals surface area (Å²) in [4.78, 5) is 0.636. The molecule has 20 heavy (non-hydrogen) atoms. The van der Waals surface area contributed by atoms with Crippen LogP contribution in [0.1, 0.15) is 22.1 Å². The van der Waals surface area contributed by atoms with Crippen LogP contribution in [0.5, 0.6) is 5.75 Å². The first-order valence-electron chi connectivity index (χ1n) is 5.56. The van der Waals surface area contributed by atoms with Gasteiger partial charge in [-0.25, -0.2) is 0 Å². The van der Waals surface area contributed by atoms with Gasteiger partial charge in [0.15, 0.2) is 0 Å². The summed E-state index contributed by atoms with van der Waals surface area (Å²) < 4.78 is 40.4. The number of halogens is 4. The van der Waals surface area contributed by atoms with Crippen LogP contribution in [0.25, 0.3) is 0 Å². The van der Waals surface area contributed by atoms with Gasteiger partial charge in [0, 0.05) is 4.88 Å². The summed E-state index contributed by atoms with van der Waals surface area (Å²) in [6, 6.07) is 6.84. The Balaban J connectivity index is 2.17. The number of benzene rings is 1. The fraction of sp³-hybridized carbons (Fsp3) is 0.231. The van der Waals surface area contributed by atoms with E-state index in [0.29, 0.717) is 14.8 Å². The van der Waals surface area contributed by atoms with Gasteiger partial charge in [0.2, 0.25) is 0 Å². The van der Waals surface area contributed by atoms with Gasteiger partial charge >= 0.3 is 6.36 Å². The summed E-state index contributed by atoms with van der Waals surface area (Å²) >= 11 is 7.16. The van der Waals surface area contributed by atoms with Crippen LogP contribution in [0.3, 0.4) is 0 Å². The van der Waals surface area contributed by atoms with Crippen LogP contribution in [0, 0.1) is 6.92 Å². The van der Waals surface area contributed by atoms with E-state index in [1.54, 1.807) is 6.07 Å². The molecule has 0 aliphatic heterocycles.